The predicted octanol–water partition coefficient (Wildman–Crippen LogP) is 4.64. The topological polar surface area (TPSA) is 0 Å². The molecule has 0 N–H and O–H groups in total. The van der Waals surface area contributed by atoms with E-state index >= 15 is 0 Å². The number of fused-ring (bicyclic) bond motifs is 3. The van der Waals surface area contributed by atoms with Crippen LogP contribution in [0.1, 0.15) is 27.0 Å². The van der Waals surface area contributed by atoms with Crippen LogP contribution >= 0.6 is 0 Å². The second kappa shape index (κ2) is 4.43. The smallest absolute Gasteiger partial charge is 0.0765 e. The maximum absolute atomic E-state index is 4.09. The van der Waals surface area contributed by atoms with Gasteiger partial charge in [0.1, 0.15) is 0 Å². The summed E-state index contributed by atoms with van der Waals surface area (Å²) in [6.45, 7) is 12.6. The van der Waals surface area contributed by atoms with Crippen molar-refractivity contribution in [1.29, 1.82) is 0 Å². The molecule has 0 aliphatic heterocycles. The molecule has 0 saturated heterocycles. The first-order valence-corrected chi connectivity index (χ1v) is 8.26. The first kappa shape index (κ1) is 12.3. The minimum absolute atomic E-state index is 0.815. The highest BCUT2D eigenvalue weighted by Gasteiger charge is 2.25. The second-order valence-electron chi connectivity index (χ2n) is 5.17. The van der Waals surface area contributed by atoms with Gasteiger partial charge in [0.05, 0.1) is 8.40 Å². The molecule has 0 fully saturated rings. The van der Waals surface area contributed by atoms with Gasteiger partial charge in [-0.2, -0.15) is 0 Å². The molecule has 1 aliphatic rings. The molecule has 1 heteroatoms. The molecule has 0 atom stereocenters. The van der Waals surface area contributed by atoms with E-state index in [1.54, 1.807) is 5.17 Å². The Morgan fingerprint density at radius 3 is 2.53 bits per heavy atom. The summed E-state index contributed by atoms with van der Waals surface area (Å²) in [5, 5.41) is 3.02. The molecule has 94 valence electrons. The SMILES string of the molecule is C=Cc1c(C)c(C)c2c([si]1C=C)Cc1ccccc1-2. The van der Waals surface area contributed by atoms with Gasteiger partial charge >= 0.3 is 0 Å². The van der Waals surface area contributed by atoms with Gasteiger partial charge < -0.3 is 0 Å². The van der Waals surface area contributed by atoms with E-state index in [0.29, 0.717) is 0 Å². The van der Waals surface area contributed by atoms with Crippen molar-refractivity contribution in [2.24, 2.45) is 0 Å². The molecule has 1 aromatic carbocycles. The van der Waals surface area contributed by atoms with E-state index in [-0.39, 0.29) is 0 Å². The third-order valence-electron chi connectivity index (χ3n) is 4.32. The Morgan fingerprint density at radius 1 is 1.11 bits per heavy atom. The van der Waals surface area contributed by atoms with E-state index in [1.165, 1.54) is 33.0 Å². The van der Waals surface area contributed by atoms with Crippen LogP contribution in [0, 0.1) is 13.8 Å². The number of rotatable bonds is 2. The Hall–Kier alpha value is -1.73. The maximum atomic E-state index is 4.09. The summed E-state index contributed by atoms with van der Waals surface area (Å²) in [6, 6.07) is 8.80. The first-order valence-electron chi connectivity index (χ1n) is 6.68. The van der Waals surface area contributed by atoms with Crippen molar-refractivity contribution in [2.45, 2.75) is 20.3 Å². The molecule has 3 rings (SSSR count). The van der Waals surface area contributed by atoms with Crippen molar-refractivity contribution in [1.82, 2.24) is 0 Å². The Morgan fingerprint density at radius 2 is 1.84 bits per heavy atom. The highest BCUT2D eigenvalue weighted by Crippen LogP contribution is 2.40. The molecule has 0 unspecified atom stereocenters. The van der Waals surface area contributed by atoms with Gasteiger partial charge in [-0.1, -0.05) is 42.6 Å². The Labute approximate surface area is 116 Å². The molecule has 1 aliphatic carbocycles. The standard InChI is InChI=1S/C18H18Si/c1-5-16-12(3)13(4)18-15-10-8-7-9-14(15)11-17(18)19(16)6-2/h5-10H,1-2,11H2,3-4H3. The molecule has 0 radical (unpaired) electrons. The molecule has 0 bridgehead atoms. The van der Waals surface area contributed by atoms with Crippen LogP contribution in [-0.4, -0.2) is 8.40 Å². The van der Waals surface area contributed by atoms with Crippen LogP contribution in [0.3, 0.4) is 0 Å². The van der Waals surface area contributed by atoms with E-state index in [9.17, 15) is 0 Å². The normalized spacial score (nSPS) is 11.9. The Balaban J connectivity index is 2.44. The van der Waals surface area contributed by atoms with Crippen molar-refractivity contribution in [3.63, 3.8) is 0 Å². The molecule has 2 aromatic rings. The van der Waals surface area contributed by atoms with Gasteiger partial charge in [0.25, 0.3) is 0 Å². The zero-order valence-electron chi connectivity index (χ0n) is 11.6. The number of hydrogen-bond acceptors (Lipinski definition) is 0. The number of hydrogen-bond donors (Lipinski definition) is 0. The summed E-state index contributed by atoms with van der Waals surface area (Å²) in [4.78, 5) is 0. The van der Waals surface area contributed by atoms with Gasteiger partial charge in [0, 0.05) is 0 Å². The zero-order chi connectivity index (χ0) is 13.6. The second-order valence-corrected chi connectivity index (χ2v) is 7.55. The van der Waals surface area contributed by atoms with Crippen LogP contribution in [-0.2, 0) is 6.42 Å². The molecule has 0 nitrogen and oxygen atoms in total. The monoisotopic (exact) mass is 262 g/mol. The zero-order valence-corrected chi connectivity index (χ0v) is 12.6. The average molecular weight is 262 g/mol. The summed E-state index contributed by atoms with van der Waals surface area (Å²) in [7, 11) is -0.815. The lowest BCUT2D eigenvalue weighted by Gasteiger charge is -2.16. The van der Waals surface area contributed by atoms with Gasteiger partial charge in [-0.3, -0.25) is 0 Å². The van der Waals surface area contributed by atoms with Crippen molar-refractivity contribution in [3.05, 3.63) is 64.5 Å². The summed E-state index contributed by atoms with van der Waals surface area (Å²) >= 11 is 0. The van der Waals surface area contributed by atoms with Crippen LogP contribution in [0.25, 0.3) is 22.9 Å². The molecular formula is C18H18Si. The average Bonchev–Trinajstić information content (AvgIpc) is 2.81. The summed E-state index contributed by atoms with van der Waals surface area (Å²) in [5.41, 5.74) is 9.38. The molecule has 19 heavy (non-hydrogen) atoms. The fraction of sp³-hybridized carbons (Fsp3) is 0.167. The molecular weight excluding hydrogens is 244 g/mol. The van der Waals surface area contributed by atoms with Crippen LogP contribution in [0.15, 0.2) is 37.4 Å². The Bertz CT molecular complexity index is 708. The van der Waals surface area contributed by atoms with Gasteiger partial charge in [-0.15, -0.1) is 6.58 Å². The van der Waals surface area contributed by atoms with Gasteiger partial charge in [-0.25, -0.2) is 0 Å². The molecule has 1 aromatic heterocycles. The Kier molecular flexibility index (Phi) is 2.87. The van der Waals surface area contributed by atoms with E-state index in [4.69, 9.17) is 0 Å². The van der Waals surface area contributed by atoms with Crippen LogP contribution in [0.5, 0.6) is 0 Å². The van der Waals surface area contributed by atoms with E-state index in [2.05, 4.69) is 57.0 Å². The van der Waals surface area contributed by atoms with Crippen LogP contribution in [0.2, 0.25) is 0 Å². The van der Waals surface area contributed by atoms with Gasteiger partial charge in [0.15, 0.2) is 0 Å². The lowest BCUT2D eigenvalue weighted by atomic mass is 10.0. The quantitative estimate of drug-likeness (QED) is 0.590. The minimum Gasteiger partial charge on any atom is -0.103 e. The van der Waals surface area contributed by atoms with E-state index in [0.717, 1.165) is 6.42 Å². The summed E-state index contributed by atoms with van der Waals surface area (Å²) in [5.74, 6) is 0. The summed E-state index contributed by atoms with van der Waals surface area (Å²) in [6.07, 6.45) is 3.13. The van der Waals surface area contributed by atoms with Crippen molar-refractivity contribution in [2.75, 3.05) is 0 Å². The highest BCUT2D eigenvalue weighted by atomic mass is 28.2. The first-order chi connectivity index (χ1) is 9.19. The third-order valence-corrected chi connectivity index (χ3v) is 6.97. The van der Waals surface area contributed by atoms with Crippen molar-refractivity contribution >= 4 is 20.2 Å². The molecule has 0 amide bonds. The van der Waals surface area contributed by atoms with Crippen LogP contribution in [0.4, 0.5) is 0 Å². The van der Waals surface area contributed by atoms with E-state index < -0.39 is 8.40 Å². The third kappa shape index (κ3) is 1.62. The molecule has 1 heterocycles. The van der Waals surface area contributed by atoms with Crippen molar-refractivity contribution in [3.8, 4) is 11.1 Å². The fourth-order valence-corrected chi connectivity index (χ4v) is 5.84. The predicted molar refractivity (Wildman–Crippen MR) is 86.6 cm³/mol. The van der Waals surface area contributed by atoms with Gasteiger partial charge in [-0.05, 0) is 58.4 Å². The largest absolute Gasteiger partial charge is 0.103 e. The summed E-state index contributed by atoms with van der Waals surface area (Å²) < 4.78 is 0. The number of benzene rings is 1. The fourth-order valence-electron chi connectivity index (χ4n) is 3.27. The highest BCUT2D eigenvalue weighted by molar-refractivity contribution is 6.72. The maximum Gasteiger partial charge on any atom is 0.0765 e. The van der Waals surface area contributed by atoms with Crippen molar-refractivity contribution < 1.29 is 0 Å². The minimum atomic E-state index is -0.815. The van der Waals surface area contributed by atoms with Gasteiger partial charge in [0.2, 0.25) is 0 Å². The lowest BCUT2D eigenvalue weighted by Crippen LogP contribution is -2.08. The van der Waals surface area contributed by atoms with E-state index in [1.807, 2.05) is 6.08 Å². The molecule has 0 saturated carbocycles. The van der Waals surface area contributed by atoms with Crippen LogP contribution < -0.4 is 0 Å². The molecule has 0 spiro atoms. The lowest BCUT2D eigenvalue weighted by molar-refractivity contribution is 1.29.